The molecule has 0 saturated carbocycles. The summed E-state index contributed by atoms with van der Waals surface area (Å²) in [4.78, 5) is 25.2. The van der Waals surface area contributed by atoms with Gasteiger partial charge in [-0.05, 0) is 13.8 Å². The van der Waals surface area contributed by atoms with Crippen molar-refractivity contribution in [3.8, 4) is 0 Å². The van der Waals surface area contributed by atoms with E-state index in [9.17, 15) is 9.59 Å². The Bertz CT molecular complexity index is 412. The number of aromatic amines is 1. The van der Waals surface area contributed by atoms with Crippen LogP contribution in [0.15, 0.2) is 6.20 Å². The fourth-order valence-corrected chi connectivity index (χ4v) is 1.70. The summed E-state index contributed by atoms with van der Waals surface area (Å²) in [5.74, 6) is -0.441. The maximum absolute atomic E-state index is 12.0. The summed E-state index contributed by atoms with van der Waals surface area (Å²) in [7, 11) is 0. The van der Waals surface area contributed by atoms with Gasteiger partial charge in [0.2, 0.25) is 5.91 Å². The van der Waals surface area contributed by atoms with E-state index in [-0.39, 0.29) is 17.5 Å². The molecule has 1 aromatic heterocycles. The zero-order valence-electron chi connectivity index (χ0n) is 9.15. The maximum atomic E-state index is 12.0. The number of nitrogens with one attached hydrogen (secondary N) is 2. The molecule has 7 heteroatoms. The van der Waals surface area contributed by atoms with E-state index < -0.39 is 5.54 Å². The first-order chi connectivity index (χ1) is 7.53. The van der Waals surface area contributed by atoms with Crippen LogP contribution in [0.25, 0.3) is 0 Å². The molecule has 2 rings (SSSR count). The quantitative estimate of drug-likeness (QED) is 0.649. The van der Waals surface area contributed by atoms with E-state index in [1.165, 1.54) is 11.1 Å². The molecule has 0 aliphatic carbocycles. The van der Waals surface area contributed by atoms with E-state index in [1.807, 2.05) is 0 Å². The fraction of sp³-hybridized carbons (Fsp3) is 0.556. The Kier molecular flexibility index (Phi) is 2.37. The number of aromatic nitrogens is 3. The molecule has 0 atom stereocenters. The lowest BCUT2D eigenvalue weighted by Crippen LogP contribution is -2.63. The summed E-state index contributed by atoms with van der Waals surface area (Å²) >= 11 is 0. The first-order valence-electron chi connectivity index (χ1n) is 4.99. The van der Waals surface area contributed by atoms with Crippen molar-refractivity contribution in [1.82, 2.24) is 25.6 Å². The molecule has 0 aromatic carbocycles. The van der Waals surface area contributed by atoms with Crippen LogP contribution in [-0.2, 0) is 4.79 Å². The van der Waals surface area contributed by atoms with Crippen LogP contribution in [0.1, 0.15) is 24.3 Å². The molecule has 0 radical (unpaired) electrons. The lowest BCUT2D eigenvalue weighted by atomic mass is 9.98. The van der Waals surface area contributed by atoms with E-state index in [1.54, 1.807) is 13.8 Å². The van der Waals surface area contributed by atoms with Crippen LogP contribution in [0.4, 0.5) is 0 Å². The minimum atomic E-state index is -0.853. The van der Waals surface area contributed by atoms with Crippen molar-refractivity contribution in [3.63, 3.8) is 0 Å². The van der Waals surface area contributed by atoms with E-state index in [4.69, 9.17) is 0 Å². The molecular formula is C9H13N5O2. The third kappa shape index (κ3) is 1.54. The van der Waals surface area contributed by atoms with Gasteiger partial charge in [-0.2, -0.15) is 15.4 Å². The molecule has 2 amide bonds. The Morgan fingerprint density at radius 1 is 1.56 bits per heavy atom. The summed E-state index contributed by atoms with van der Waals surface area (Å²) < 4.78 is 0. The molecule has 1 aliphatic heterocycles. The van der Waals surface area contributed by atoms with Gasteiger partial charge in [-0.3, -0.25) is 9.59 Å². The highest BCUT2D eigenvalue weighted by Crippen LogP contribution is 2.19. The largest absolute Gasteiger partial charge is 0.352 e. The number of nitrogens with zero attached hydrogens (tertiary/aromatic N) is 3. The van der Waals surface area contributed by atoms with Crippen LogP contribution in [0, 0.1) is 0 Å². The van der Waals surface area contributed by atoms with Crippen molar-refractivity contribution >= 4 is 11.8 Å². The molecular weight excluding hydrogens is 210 g/mol. The van der Waals surface area contributed by atoms with Gasteiger partial charge in [0.25, 0.3) is 5.91 Å². The standard InChI is InChI=1S/C9H13N5O2/c1-9(2)8(16)10-3-4-14(9)7(15)6-5-11-13-12-6/h5H,3-4H2,1-2H3,(H,10,16)(H,11,12,13). The average Bonchev–Trinajstić information content (AvgIpc) is 2.74. The highest BCUT2D eigenvalue weighted by atomic mass is 16.2. The summed E-state index contributed by atoms with van der Waals surface area (Å²) in [5.41, 5.74) is -0.628. The molecule has 1 aromatic rings. The smallest absolute Gasteiger partial charge is 0.276 e. The Morgan fingerprint density at radius 3 is 2.94 bits per heavy atom. The second-order valence-electron chi connectivity index (χ2n) is 4.13. The zero-order chi connectivity index (χ0) is 11.8. The van der Waals surface area contributed by atoms with Gasteiger partial charge in [0.1, 0.15) is 5.54 Å². The molecule has 86 valence electrons. The molecule has 2 N–H and O–H groups in total. The average molecular weight is 223 g/mol. The predicted molar refractivity (Wildman–Crippen MR) is 54.5 cm³/mol. The van der Waals surface area contributed by atoms with Crippen LogP contribution in [0.3, 0.4) is 0 Å². The molecule has 2 heterocycles. The maximum Gasteiger partial charge on any atom is 0.276 e. The van der Waals surface area contributed by atoms with Gasteiger partial charge in [-0.15, -0.1) is 0 Å². The van der Waals surface area contributed by atoms with Crippen LogP contribution < -0.4 is 5.32 Å². The third-order valence-electron chi connectivity index (χ3n) is 2.73. The number of piperazine rings is 1. The fourth-order valence-electron chi connectivity index (χ4n) is 1.70. The monoisotopic (exact) mass is 223 g/mol. The minimum Gasteiger partial charge on any atom is -0.352 e. The van der Waals surface area contributed by atoms with Crippen molar-refractivity contribution in [2.45, 2.75) is 19.4 Å². The Morgan fingerprint density at radius 2 is 2.31 bits per heavy atom. The first kappa shape index (κ1) is 10.6. The van der Waals surface area contributed by atoms with Gasteiger partial charge in [-0.1, -0.05) is 0 Å². The number of carbonyl (C=O) groups excluding carboxylic acids is 2. The lowest BCUT2D eigenvalue weighted by molar-refractivity contribution is -0.133. The van der Waals surface area contributed by atoms with Crippen LogP contribution in [-0.4, -0.2) is 50.8 Å². The highest BCUT2D eigenvalue weighted by Gasteiger charge is 2.41. The van der Waals surface area contributed by atoms with Crippen molar-refractivity contribution in [1.29, 1.82) is 0 Å². The minimum absolute atomic E-state index is 0.157. The third-order valence-corrected chi connectivity index (χ3v) is 2.73. The molecule has 7 nitrogen and oxygen atoms in total. The van der Waals surface area contributed by atoms with Gasteiger partial charge in [0.05, 0.1) is 6.20 Å². The Hall–Kier alpha value is -1.92. The van der Waals surface area contributed by atoms with E-state index >= 15 is 0 Å². The first-order valence-corrected chi connectivity index (χ1v) is 4.99. The SMILES string of the molecule is CC1(C)C(=O)NCCN1C(=O)c1cn[nH]n1. The Labute approximate surface area is 92.2 Å². The normalized spacial score (nSPS) is 19.4. The summed E-state index contributed by atoms with van der Waals surface area (Å²) in [6, 6.07) is 0. The Balaban J connectivity index is 2.26. The number of amides is 2. The molecule has 0 bridgehead atoms. The second-order valence-corrected chi connectivity index (χ2v) is 4.13. The zero-order valence-corrected chi connectivity index (χ0v) is 9.15. The summed E-state index contributed by atoms with van der Waals surface area (Å²) in [5, 5.41) is 12.4. The molecule has 1 fully saturated rings. The summed E-state index contributed by atoms with van der Waals surface area (Å²) in [6.07, 6.45) is 1.35. The molecule has 1 aliphatic rings. The van der Waals surface area contributed by atoms with Gasteiger partial charge in [0.15, 0.2) is 5.69 Å². The van der Waals surface area contributed by atoms with Crippen molar-refractivity contribution in [2.75, 3.05) is 13.1 Å². The van der Waals surface area contributed by atoms with Gasteiger partial charge in [0, 0.05) is 13.1 Å². The van der Waals surface area contributed by atoms with Gasteiger partial charge < -0.3 is 10.2 Å². The number of rotatable bonds is 1. The van der Waals surface area contributed by atoms with Crippen LogP contribution in [0.5, 0.6) is 0 Å². The second kappa shape index (κ2) is 3.58. The number of H-pyrrole nitrogens is 1. The number of hydrogen-bond donors (Lipinski definition) is 2. The number of hydrogen-bond acceptors (Lipinski definition) is 4. The van der Waals surface area contributed by atoms with Crippen molar-refractivity contribution in [3.05, 3.63) is 11.9 Å². The van der Waals surface area contributed by atoms with Crippen LogP contribution in [0.2, 0.25) is 0 Å². The van der Waals surface area contributed by atoms with Gasteiger partial charge in [-0.25, -0.2) is 0 Å². The summed E-state index contributed by atoms with van der Waals surface area (Å²) in [6.45, 7) is 4.36. The molecule has 1 saturated heterocycles. The van der Waals surface area contributed by atoms with Gasteiger partial charge >= 0.3 is 0 Å². The van der Waals surface area contributed by atoms with E-state index in [2.05, 4.69) is 20.7 Å². The van der Waals surface area contributed by atoms with E-state index in [0.29, 0.717) is 13.1 Å². The lowest BCUT2D eigenvalue weighted by Gasteiger charge is -2.40. The molecule has 0 spiro atoms. The molecule has 0 unspecified atom stereocenters. The highest BCUT2D eigenvalue weighted by molar-refractivity contribution is 5.98. The van der Waals surface area contributed by atoms with E-state index in [0.717, 1.165) is 0 Å². The van der Waals surface area contributed by atoms with Crippen molar-refractivity contribution < 1.29 is 9.59 Å². The topological polar surface area (TPSA) is 91.0 Å². The van der Waals surface area contributed by atoms with Crippen molar-refractivity contribution in [2.24, 2.45) is 0 Å². The predicted octanol–water partition coefficient (Wildman–Crippen LogP) is -0.845. The molecule has 16 heavy (non-hydrogen) atoms. The van der Waals surface area contributed by atoms with Crippen LogP contribution >= 0.6 is 0 Å². The number of carbonyl (C=O) groups is 2.